The smallest absolute Gasteiger partial charge is 0.315 e. The van der Waals surface area contributed by atoms with Crippen LogP contribution in [0.25, 0.3) is 0 Å². The minimum absolute atomic E-state index is 0.0865. The highest BCUT2D eigenvalue weighted by Crippen LogP contribution is 2.08. The second-order valence-electron chi connectivity index (χ2n) is 4.37. The van der Waals surface area contributed by atoms with Crippen LogP contribution in [0, 0.1) is 0 Å². The normalized spacial score (nSPS) is 11.6. The maximum absolute atomic E-state index is 11.5. The van der Waals surface area contributed by atoms with Crippen molar-refractivity contribution in [2.45, 2.75) is 19.5 Å². The molecule has 1 aromatic rings. The van der Waals surface area contributed by atoms with Crippen molar-refractivity contribution in [3.05, 3.63) is 34.9 Å². The van der Waals surface area contributed by atoms with E-state index in [0.29, 0.717) is 18.1 Å². The minimum atomic E-state index is -0.407. The topological polar surface area (TPSA) is 96.2 Å². The van der Waals surface area contributed by atoms with Gasteiger partial charge in [0.25, 0.3) is 0 Å². The average Bonchev–Trinajstić information content (AvgIpc) is 2.44. The summed E-state index contributed by atoms with van der Waals surface area (Å²) in [6.45, 7) is 2.42. The highest BCUT2D eigenvalue weighted by Gasteiger charge is 2.07. The zero-order chi connectivity index (χ0) is 15.0. The summed E-state index contributed by atoms with van der Waals surface area (Å²) in [5, 5.41) is 8.39. The number of benzene rings is 1. The Hall–Kier alpha value is -1.79. The van der Waals surface area contributed by atoms with E-state index >= 15 is 0 Å². The molecule has 0 bridgehead atoms. The molecule has 0 aliphatic heterocycles. The zero-order valence-corrected chi connectivity index (χ0v) is 12.0. The van der Waals surface area contributed by atoms with E-state index in [4.69, 9.17) is 17.3 Å². The fourth-order valence-electron chi connectivity index (χ4n) is 1.39. The predicted molar refractivity (Wildman–Crippen MR) is 78.3 cm³/mol. The molecule has 1 atom stereocenters. The number of carbonyl (C=O) groups excluding carboxylic acids is 2. The van der Waals surface area contributed by atoms with Gasteiger partial charge < -0.3 is 21.7 Å². The van der Waals surface area contributed by atoms with Gasteiger partial charge in [0.1, 0.15) is 0 Å². The van der Waals surface area contributed by atoms with E-state index in [1.165, 1.54) is 0 Å². The molecule has 6 nitrogen and oxygen atoms in total. The van der Waals surface area contributed by atoms with E-state index in [1.807, 2.05) is 12.1 Å². The highest BCUT2D eigenvalue weighted by atomic mass is 35.5. The summed E-state index contributed by atoms with van der Waals surface area (Å²) in [6.07, 6.45) is 0. The Morgan fingerprint density at radius 1 is 1.25 bits per heavy atom. The standard InChI is InChI=1S/C13H19ClN4O2/c1-9(6-15)18-12(19)8-17-13(20)16-7-10-2-4-11(14)5-3-10/h2-5,9H,6-8,15H2,1H3,(H,18,19)(H2,16,17,20)/t9-/m0/s1. The van der Waals surface area contributed by atoms with Gasteiger partial charge in [-0.25, -0.2) is 4.79 Å². The van der Waals surface area contributed by atoms with Crippen LogP contribution in [0.4, 0.5) is 4.79 Å². The lowest BCUT2D eigenvalue weighted by atomic mass is 10.2. The Balaban J connectivity index is 2.23. The van der Waals surface area contributed by atoms with Gasteiger partial charge in [-0.15, -0.1) is 0 Å². The number of hydrogen-bond acceptors (Lipinski definition) is 3. The van der Waals surface area contributed by atoms with Crippen molar-refractivity contribution < 1.29 is 9.59 Å². The van der Waals surface area contributed by atoms with Crippen LogP contribution in [0.1, 0.15) is 12.5 Å². The zero-order valence-electron chi connectivity index (χ0n) is 11.3. The molecule has 0 spiro atoms. The molecule has 0 heterocycles. The van der Waals surface area contributed by atoms with Gasteiger partial charge in [0, 0.05) is 24.2 Å². The van der Waals surface area contributed by atoms with Crippen molar-refractivity contribution >= 4 is 23.5 Å². The van der Waals surface area contributed by atoms with Crippen LogP contribution >= 0.6 is 11.6 Å². The van der Waals surface area contributed by atoms with Gasteiger partial charge in [-0.2, -0.15) is 0 Å². The summed E-state index contributed by atoms with van der Waals surface area (Å²) < 4.78 is 0. The van der Waals surface area contributed by atoms with Crippen LogP contribution < -0.4 is 21.7 Å². The first-order valence-electron chi connectivity index (χ1n) is 6.27. The lowest BCUT2D eigenvalue weighted by molar-refractivity contribution is -0.120. The van der Waals surface area contributed by atoms with E-state index in [1.54, 1.807) is 19.1 Å². The van der Waals surface area contributed by atoms with E-state index < -0.39 is 6.03 Å². The SMILES string of the molecule is C[C@@H](CN)NC(=O)CNC(=O)NCc1ccc(Cl)cc1. The largest absolute Gasteiger partial charge is 0.351 e. The van der Waals surface area contributed by atoms with Crippen LogP contribution in [0.3, 0.4) is 0 Å². The predicted octanol–water partition coefficient (Wildman–Crippen LogP) is 0.603. The molecule has 20 heavy (non-hydrogen) atoms. The summed E-state index contributed by atoms with van der Waals surface area (Å²) in [5.74, 6) is -0.274. The first-order valence-corrected chi connectivity index (χ1v) is 6.64. The van der Waals surface area contributed by atoms with Gasteiger partial charge in [0.05, 0.1) is 6.54 Å². The molecule has 7 heteroatoms. The van der Waals surface area contributed by atoms with Crippen LogP contribution in [0.2, 0.25) is 5.02 Å². The number of nitrogens with one attached hydrogen (secondary N) is 3. The Labute approximate surface area is 123 Å². The number of nitrogens with two attached hydrogens (primary N) is 1. The van der Waals surface area contributed by atoms with E-state index in [9.17, 15) is 9.59 Å². The fraction of sp³-hybridized carbons (Fsp3) is 0.385. The van der Waals surface area contributed by atoms with Gasteiger partial charge in [-0.3, -0.25) is 4.79 Å². The average molecular weight is 299 g/mol. The molecule has 1 rings (SSSR count). The molecule has 0 aliphatic carbocycles. The molecule has 0 fully saturated rings. The van der Waals surface area contributed by atoms with Crippen molar-refractivity contribution in [3.8, 4) is 0 Å². The maximum Gasteiger partial charge on any atom is 0.315 e. The summed E-state index contributed by atoms with van der Waals surface area (Å²) in [5.41, 5.74) is 6.30. The first kappa shape index (κ1) is 16.3. The number of rotatable bonds is 6. The molecule has 0 saturated heterocycles. The number of amides is 3. The van der Waals surface area contributed by atoms with Gasteiger partial charge in [-0.1, -0.05) is 23.7 Å². The third kappa shape index (κ3) is 6.40. The molecule has 0 unspecified atom stereocenters. The third-order valence-electron chi connectivity index (χ3n) is 2.54. The van der Waals surface area contributed by atoms with E-state index in [2.05, 4.69) is 16.0 Å². The fourth-order valence-corrected chi connectivity index (χ4v) is 1.52. The second kappa shape index (κ2) is 8.39. The Morgan fingerprint density at radius 3 is 2.50 bits per heavy atom. The van der Waals surface area contributed by atoms with Gasteiger partial charge in [-0.05, 0) is 24.6 Å². The molecule has 0 saturated carbocycles. The summed E-state index contributed by atoms with van der Waals surface area (Å²) >= 11 is 5.76. The molecular weight excluding hydrogens is 280 g/mol. The second-order valence-corrected chi connectivity index (χ2v) is 4.80. The van der Waals surface area contributed by atoms with E-state index in [0.717, 1.165) is 5.56 Å². The molecule has 0 aromatic heterocycles. The highest BCUT2D eigenvalue weighted by molar-refractivity contribution is 6.30. The Morgan fingerprint density at radius 2 is 1.90 bits per heavy atom. The molecule has 5 N–H and O–H groups in total. The minimum Gasteiger partial charge on any atom is -0.351 e. The van der Waals surface area contributed by atoms with Crippen molar-refractivity contribution in [1.82, 2.24) is 16.0 Å². The molecule has 0 aliphatic rings. The number of halogens is 1. The molecule has 0 radical (unpaired) electrons. The van der Waals surface area contributed by atoms with Crippen molar-refractivity contribution in [1.29, 1.82) is 0 Å². The van der Waals surface area contributed by atoms with Crippen LogP contribution in [0.15, 0.2) is 24.3 Å². The Bertz CT molecular complexity index is 450. The van der Waals surface area contributed by atoms with Gasteiger partial charge >= 0.3 is 6.03 Å². The number of urea groups is 1. The number of carbonyl (C=O) groups is 2. The molecule has 1 aromatic carbocycles. The molecular formula is C13H19ClN4O2. The van der Waals surface area contributed by atoms with Gasteiger partial charge in [0.15, 0.2) is 0 Å². The van der Waals surface area contributed by atoms with Crippen LogP contribution in [0.5, 0.6) is 0 Å². The van der Waals surface area contributed by atoms with Crippen LogP contribution in [-0.4, -0.2) is 31.1 Å². The monoisotopic (exact) mass is 298 g/mol. The quantitative estimate of drug-likeness (QED) is 0.619. The Kier molecular flexibility index (Phi) is 6.83. The summed E-state index contributed by atoms with van der Waals surface area (Å²) in [6, 6.07) is 6.61. The number of hydrogen-bond donors (Lipinski definition) is 4. The lowest BCUT2D eigenvalue weighted by Crippen LogP contribution is -2.45. The maximum atomic E-state index is 11.5. The lowest BCUT2D eigenvalue weighted by Gasteiger charge is -2.12. The van der Waals surface area contributed by atoms with Crippen LogP contribution in [-0.2, 0) is 11.3 Å². The van der Waals surface area contributed by atoms with Crippen molar-refractivity contribution in [2.75, 3.05) is 13.1 Å². The van der Waals surface area contributed by atoms with Gasteiger partial charge in [0.2, 0.25) is 5.91 Å². The van der Waals surface area contributed by atoms with E-state index in [-0.39, 0.29) is 18.5 Å². The summed E-state index contributed by atoms with van der Waals surface area (Å²) in [4.78, 5) is 22.9. The third-order valence-corrected chi connectivity index (χ3v) is 2.79. The van der Waals surface area contributed by atoms with Crippen molar-refractivity contribution in [3.63, 3.8) is 0 Å². The first-order chi connectivity index (χ1) is 9.51. The van der Waals surface area contributed by atoms with Crippen molar-refractivity contribution in [2.24, 2.45) is 5.73 Å². The molecule has 110 valence electrons. The molecule has 3 amide bonds. The summed E-state index contributed by atoms with van der Waals surface area (Å²) in [7, 11) is 0.